The third kappa shape index (κ3) is 4.98. The number of pyridine rings is 1. The van der Waals surface area contributed by atoms with E-state index in [1.54, 1.807) is 6.20 Å². The summed E-state index contributed by atoms with van der Waals surface area (Å²) in [5.41, 5.74) is 1.56. The number of nitrogens with zero attached hydrogens (tertiary/aromatic N) is 1. The molecule has 0 spiro atoms. The van der Waals surface area contributed by atoms with Crippen LogP contribution in [0.1, 0.15) is 49.7 Å². The molecule has 1 unspecified atom stereocenters. The van der Waals surface area contributed by atoms with Gasteiger partial charge in [0.05, 0.1) is 5.56 Å². The fourth-order valence-corrected chi connectivity index (χ4v) is 1.56. The van der Waals surface area contributed by atoms with Crippen molar-refractivity contribution in [2.24, 2.45) is 5.92 Å². The molecule has 0 fully saturated rings. The van der Waals surface area contributed by atoms with Gasteiger partial charge in [-0.25, -0.2) is 0 Å². The summed E-state index contributed by atoms with van der Waals surface area (Å²) >= 11 is 0. The Morgan fingerprint density at radius 1 is 1.29 bits per heavy atom. The van der Waals surface area contributed by atoms with Crippen LogP contribution < -0.4 is 5.32 Å². The molecule has 0 bridgehead atoms. The van der Waals surface area contributed by atoms with E-state index < -0.39 is 0 Å². The average molecular weight is 234 g/mol. The van der Waals surface area contributed by atoms with Crippen LogP contribution in [0.2, 0.25) is 0 Å². The molecule has 0 aliphatic carbocycles. The number of carbonyl (C=O) groups is 1. The van der Waals surface area contributed by atoms with Gasteiger partial charge in [-0.05, 0) is 44.7 Å². The van der Waals surface area contributed by atoms with E-state index in [1.165, 1.54) is 0 Å². The average Bonchev–Trinajstić information content (AvgIpc) is 2.27. The summed E-state index contributed by atoms with van der Waals surface area (Å²) in [5.74, 6) is 0.643. The van der Waals surface area contributed by atoms with Crippen LogP contribution in [0.3, 0.4) is 0 Å². The first kappa shape index (κ1) is 13.7. The first-order valence-electron chi connectivity index (χ1n) is 6.22. The standard InChI is InChI=1S/C14H22N2O/c1-10(2)5-6-12(4)16-14(17)13-8-7-11(3)15-9-13/h7-10,12H,5-6H2,1-4H3,(H,16,17). The SMILES string of the molecule is Cc1ccc(C(=O)NC(C)CCC(C)C)cn1. The van der Waals surface area contributed by atoms with E-state index in [9.17, 15) is 4.79 Å². The first-order chi connectivity index (χ1) is 7.99. The molecule has 1 aromatic rings. The summed E-state index contributed by atoms with van der Waals surface area (Å²) in [7, 11) is 0. The molecule has 0 saturated heterocycles. The quantitative estimate of drug-likeness (QED) is 0.851. The van der Waals surface area contributed by atoms with Crippen molar-refractivity contribution in [2.75, 3.05) is 0 Å². The van der Waals surface area contributed by atoms with Crippen LogP contribution in [0, 0.1) is 12.8 Å². The summed E-state index contributed by atoms with van der Waals surface area (Å²) in [6, 6.07) is 3.88. The zero-order valence-electron chi connectivity index (χ0n) is 11.2. The van der Waals surface area contributed by atoms with Crippen LogP contribution >= 0.6 is 0 Å². The van der Waals surface area contributed by atoms with Gasteiger partial charge in [0.1, 0.15) is 0 Å². The van der Waals surface area contributed by atoms with Crippen molar-refractivity contribution in [1.82, 2.24) is 10.3 Å². The second-order valence-electron chi connectivity index (χ2n) is 5.03. The highest BCUT2D eigenvalue weighted by molar-refractivity contribution is 5.94. The van der Waals surface area contributed by atoms with Crippen molar-refractivity contribution in [3.63, 3.8) is 0 Å². The monoisotopic (exact) mass is 234 g/mol. The lowest BCUT2D eigenvalue weighted by molar-refractivity contribution is 0.0937. The highest BCUT2D eigenvalue weighted by Gasteiger charge is 2.10. The smallest absolute Gasteiger partial charge is 0.253 e. The molecule has 1 atom stereocenters. The minimum atomic E-state index is -0.0336. The molecule has 94 valence electrons. The molecule has 0 radical (unpaired) electrons. The minimum Gasteiger partial charge on any atom is -0.350 e. The van der Waals surface area contributed by atoms with Crippen LogP contribution in [-0.2, 0) is 0 Å². The largest absolute Gasteiger partial charge is 0.350 e. The van der Waals surface area contributed by atoms with E-state index in [0.29, 0.717) is 11.5 Å². The lowest BCUT2D eigenvalue weighted by Gasteiger charge is -2.15. The fraction of sp³-hybridized carbons (Fsp3) is 0.571. The Hall–Kier alpha value is -1.38. The van der Waals surface area contributed by atoms with Gasteiger partial charge in [-0.1, -0.05) is 13.8 Å². The highest BCUT2D eigenvalue weighted by Crippen LogP contribution is 2.07. The molecular formula is C14H22N2O. The van der Waals surface area contributed by atoms with Gasteiger partial charge in [0, 0.05) is 17.9 Å². The predicted molar refractivity (Wildman–Crippen MR) is 70.0 cm³/mol. The fourth-order valence-electron chi connectivity index (χ4n) is 1.56. The number of aromatic nitrogens is 1. The van der Waals surface area contributed by atoms with Crippen molar-refractivity contribution in [2.45, 2.75) is 46.6 Å². The van der Waals surface area contributed by atoms with E-state index in [2.05, 4.69) is 24.1 Å². The molecule has 3 nitrogen and oxygen atoms in total. The maximum atomic E-state index is 11.9. The third-order valence-electron chi connectivity index (χ3n) is 2.73. The molecule has 0 aliphatic heterocycles. The lowest BCUT2D eigenvalue weighted by atomic mass is 10.0. The van der Waals surface area contributed by atoms with Gasteiger partial charge < -0.3 is 5.32 Å². The minimum absolute atomic E-state index is 0.0336. The number of carbonyl (C=O) groups excluding carboxylic acids is 1. The van der Waals surface area contributed by atoms with E-state index in [1.807, 2.05) is 26.0 Å². The molecule has 1 aromatic heterocycles. The van der Waals surface area contributed by atoms with Crippen molar-refractivity contribution < 1.29 is 4.79 Å². The molecule has 1 amide bonds. The van der Waals surface area contributed by atoms with Crippen LogP contribution in [0.15, 0.2) is 18.3 Å². The molecule has 0 aliphatic rings. The van der Waals surface area contributed by atoms with Gasteiger partial charge in [0.25, 0.3) is 5.91 Å². The Bertz CT molecular complexity index is 357. The number of hydrogen-bond acceptors (Lipinski definition) is 2. The van der Waals surface area contributed by atoms with Gasteiger partial charge >= 0.3 is 0 Å². The summed E-state index contributed by atoms with van der Waals surface area (Å²) < 4.78 is 0. The van der Waals surface area contributed by atoms with E-state index in [-0.39, 0.29) is 11.9 Å². The van der Waals surface area contributed by atoms with Crippen LogP contribution in [-0.4, -0.2) is 16.9 Å². The Labute approximate surface area is 104 Å². The zero-order valence-corrected chi connectivity index (χ0v) is 11.2. The Morgan fingerprint density at radius 2 is 2.00 bits per heavy atom. The predicted octanol–water partition coefficient (Wildman–Crippen LogP) is 2.94. The number of hydrogen-bond donors (Lipinski definition) is 1. The summed E-state index contributed by atoms with van der Waals surface area (Å²) in [6.07, 6.45) is 3.77. The van der Waals surface area contributed by atoms with Gasteiger partial charge in [-0.3, -0.25) is 9.78 Å². The number of aryl methyl sites for hydroxylation is 1. The summed E-state index contributed by atoms with van der Waals surface area (Å²) in [5, 5.41) is 2.99. The van der Waals surface area contributed by atoms with Crippen molar-refractivity contribution in [3.8, 4) is 0 Å². The van der Waals surface area contributed by atoms with Crippen molar-refractivity contribution in [3.05, 3.63) is 29.6 Å². The van der Waals surface area contributed by atoms with Crippen molar-refractivity contribution in [1.29, 1.82) is 0 Å². The summed E-state index contributed by atoms with van der Waals surface area (Å²) in [4.78, 5) is 16.0. The van der Waals surface area contributed by atoms with Gasteiger partial charge in [0.2, 0.25) is 0 Å². The second-order valence-corrected chi connectivity index (χ2v) is 5.03. The molecule has 0 saturated carbocycles. The zero-order chi connectivity index (χ0) is 12.8. The first-order valence-corrected chi connectivity index (χ1v) is 6.22. The van der Waals surface area contributed by atoms with E-state index in [0.717, 1.165) is 18.5 Å². The number of amides is 1. The summed E-state index contributed by atoms with van der Waals surface area (Å²) in [6.45, 7) is 8.34. The van der Waals surface area contributed by atoms with Gasteiger partial charge in [0.15, 0.2) is 0 Å². The highest BCUT2D eigenvalue weighted by atomic mass is 16.1. The van der Waals surface area contributed by atoms with Crippen LogP contribution in [0.4, 0.5) is 0 Å². The van der Waals surface area contributed by atoms with Gasteiger partial charge in [-0.15, -0.1) is 0 Å². The third-order valence-corrected chi connectivity index (χ3v) is 2.73. The topological polar surface area (TPSA) is 42.0 Å². The maximum Gasteiger partial charge on any atom is 0.253 e. The van der Waals surface area contributed by atoms with Crippen LogP contribution in [0.25, 0.3) is 0 Å². The number of nitrogens with one attached hydrogen (secondary N) is 1. The molecule has 0 aromatic carbocycles. The number of rotatable bonds is 5. The van der Waals surface area contributed by atoms with Gasteiger partial charge in [-0.2, -0.15) is 0 Å². The Kier molecular flexibility index (Phi) is 5.13. The molecular weight excluding hydrogens is 212 g/mol. The molecule has 1 N–H and O–H groups in total. The Morgan fingerprint density at radius 3 is 2.53 bits per heavy atom. The van der Waals surface area contributed by atoms with E-state index >= 15 is 0 Å². The Balaban J connectivity index is 2.46. The lowest BCUT2D eigenvalue weighted by Crippen LogP contribution is -2.32. The maximum absolute atomic E-state index is 11.9. The van der Waals surface area contributed by atoms with Crippen molar-refractivity contribution >= 4 is 5.91 Å². The molecule has 1 heterocycles. The molecule has 3 heteroatoms. The molecule has 1 rings (SSSR count). The van der Waals surface area contributed by atoms with Crippen LogP contribution in [0.5, 0.6) is 0 Å². The van der Waals surface area contributed by atoms with E-state index in [4.69, 9.17) is 0 Å². The second kappa shape index (κ2) is 6.38. The molecule has 17 heavy (non-hydrogen) atoms. The normalized spacial score (nSPS) is 12.5.